The fraction of sp³-hybridized carbons (Fsp3) is 0. The molecule has 0 bridgehead atoms. The third kappa shape index (κ3) is 1.94. The van der Waals surface area contributed by atoms with Crippen molar-refractivity contribution in [3.63, 3.8) is 0 Å². The van der Waals surface area contributed by atoms with Gasteiger partial charge in [-0.2, -0.15) is 0 Å². The molecule has 2 aromatic heterocycles. The van der Waals surface area contributed by atoms with Crippen molar-refractivity contribution in [2.75, 3.05) is 0 Å². The molecular formula is C13H8ClN3O2. The number of carbonyl (C=O) groups is 1. The zero-order chi connectivity index (χ0) is 13.4. The Morgan fingerprint density at radius 2 is 2.00 bits per heavy atom. The third-order valence-corrected chi connectivity index (χ3v) is 2.99. The topological polar surface area (TPSA) is 68.0 Å². The summed E-state index contributed by atoms with van der Waals surface area (Å²) in [4.78, 5) is 19.3. The summed E-state index contributed by atoms with van der Waals surface area (Å²) < 4.78 is 1.68. The molecule has 5 nitrogen and oxygen atoms in total. The minimum absolute atomic E-state index is 0.229. The smallest absolute Gasteiger partial charge is 0.337 e. The Hall–Kier alpha value is -2.40. The molecule has 0 aliphatic rings. The van der Waals surface area contributed by atoms with Gasteiger partial charge in [-0.25, -0.2) is 14.8 Å². The van der Waals surface area contributed by atoms with E-state index < -0.39 is 5.97 Å². The molecular weight excluding hydrogens is 266 g/mol. The molecule has 3 rings (SSSR count). The summed E-state index contributed by atoms with van der Waals surface area (Å²) in [6.45, 7) is 0. The predicted molar refractivity (Wildman–Crippen MR) is 70.8 cm³/mol. The number of hydrogen-bond donors (Lipinski definition) is 1. The Kier molecular flexibility index (Phi) is 2.68. The molecule has 0 fully saturated rings. The lowest BCUT2D eigenvalue weighted by Gasteiger charge is -2.02. The number of para-hydroxylation sites is 1. The quantitative estimate of drug-likeness (QED) is 0.779. The van der Waals surface area contributed by atoms with E-state index in [4.69, 9.17) is 11.6 Å². The number of nitrogens with zero attached hydrogens (tertiary/aromatic N) is 3. The van der Waals surface area contributed by atoms with Gasteiger partial charge >= 0.3 is 5.97 Å². The van der Waals surface area contributed by atoms with E-state index in [1.165, 1.54) is 18.6 Å². The molecule has 0 aliphatic carbocycles. The van der Waals surface area contributed by atoms with Crippen LogP contribution in [0.5, 0.6) is 0 Å². The molecule has 6 heteroatoms. The summed E-state index contributed by atoms with van der Waals surface area (Å²) in [6, 6.07) is 7.23. The van der Waals surface area contributed by atoms with Gasteiger partial charge in [-0.1, -0.05) is 29.8 Å². The maximum absolute atomic E-state index is 11.2. The van der Waals surface area contributed by atoms with Gasteiger partial charge in [-0.3, -0.25) is 4.57 Å². The molecule has 0 amide bonds. The van der Waals surface area contributed by atoms with Crippen molar-refractivity contribution < 1.29 is 9.90 Å². The first-order valence-electron chi connectivity index (χ1n) is 5.48. The van der Waals surface area contributed by atoms with Crippen LogP contribution in [0.1, 0.15) is 10.4 Å². The summed E-state index contributed by atoms with van der Waals surface area (Å²) in [7, 11) is 0. The highest BCUT2D eigenvalue weighted by Crippen LogP contribution is 2.24. The zero-order valence-electron chi connectivity index (χ0n) is 9.62. The van der Waals surface area contributed by atoms with Crippen molar-refractivity contribution >= 4 is 28.5 Å². The Bertz CT molecular complexity index is 765. The minimum atomic E-state index is -0.975. The van der Waals surface area contributed by atoms with Gasteiger partial charge in [0.2, 0.25) is 0 Å². The van der Waals surface area contributed by atoms with E-state index in [1.54, 1.807) is 16.7 Å². The SMILES string of the molecule is O=C(O)c1cn(-c2cnc(Cl)cn2)c2ccccc12. The lowest BCUT2D eigenvalue weighted by atomic mass is 10.2. The van der Waals surface area contributed by atoms with E-state index in [0.29, 0.717) is 16.4 Å². The first-order chi connectivity index (χ1) is 9.16. The average molecular weight is 274 g/mol. The van der Waals surface area contributed by atoms with Crippen molar-refractivity contribution in [2.45, 2.75) is 0 Å². The van der Waals surface area contributed by atoms with Gasteiger partial charge < -0.3 is 5.11 Å². The highest BCUT2D eigenvalue weighted by molar-refractivity contribution is 6.29. The fourth-order valence-corrected chi connectivity index (χ4v) is 2.07. The van der Waals surface area contributed by atoms with Crippen LogP contribution in [0.15, 0.2) is 42.9 Å². The van der Waals surface area contributed by atoms with Crippen LogP contribution in [0, 0.1) is 0 Å². The monoisotopic (exact) mass is 273 g/mol. The van der Waals surface area contributed by atoms with Crippen LogP contribution in [0.4, 0.5) is 0 Å². The number of fused-ring (bicyclic) bond motifs is 1. The molecule has 0 aliphatic heterocycles. The summed E-state index contributed by atoms with van der Waals surface area (Å²) in [6.07, 6.45) is 4.46. The Morgan fingerprint density at radius 3 is 2.68 bits per heavy atom. The number of halogens is 1. The first kappa shape index (κ1) is 11.7. The Morgan fingerprint density at radius 1 is 1.21 bits per heavy atom. The summed E-state index contributed by atoms with van der Waals surface area (Å²) in [5.74, 6) is -0.454. The number of aromatic nitrogens is 3. The van der Waals surface area contributed by atoms with Gasteiger partial charge in [-0.15, -0.1) is 0 Å². The van der Waals surface area contributed by atoms with Crippen LogP contribution in [0.25, 0.3) is 16.7 Å². The lowest BCUT2D eigenvalue weighted by molar-refractivity contribution is 0.0699. The van der Waals surface area contributed by atoms with Gasteiger partial charge in [0, 0.05) is 11.6 Å². The number of benzene rings is 1. The summed E-state index contributed by atoms with van der Waals surface area (Å²) in [5, 5.41) is 10.2. The molecule has 0 atom stereocenters. The van der Waals surface area contributed by atoms with E-state index in [2.05, 4.69) is 9.97 Å². The highest BCUT2D eigenvalue weighted by Gasteiger charge is 2.15. The lowest BCUT2D eigenvalue weighted by Crippen LogP contribution is -1.97. The molecule has 19 heavy (non-hydrogen) atoms. The number of hydrogen-bond acceptors (Lipinski definition) is 3. The zero-order valence-corrected chi connectivity index (χ0v) is 10.4. The number of rotatable bonds is 2. The molecule has 0 radical (unpaired) electrons. The average Bonchev–Trinajstić information content (AvgIpc) is 2.79. The standard InChI is InChI=1S/C13H8ClN3O2/c14-11-5-16-12(6-15-11)17-7-9(13(18)19)8-3-1-2-4-10(8)17/h1-7H,(H,18,19). The molecule has 0 unspecified atom stereocenters. The molecule has 0 spiro atoms. The predicted octanol–water partition coefficient (Wildman–Crippen LogP) is 2.77. The van der Waals surface area contributed by atoms with Gasteiger partial charge in [0.25, 0.3) is 0 Å². The minimum Gasteiger partial charge on any atom is -0.478 e. The molecule has 0 saturated heterocycles. The van der Waals surface area contributed by atoms with E-state index in [-0.39, 0.29) is 5.56 Å². The van der Waals surface area contributed by atoms with Gasteiger partial charge in [0.15, 0.2) is 5.82 Å². The van der Waals surface area contributed by atoms with E-state index in [1.807, 2.05) is 12.1 Å². The van der Waals surface area contributed by atoms with Crippen molar-refractivity contribution in [1.29, 1.82) is 0 Å². The molecule has 1 aromatic carbocycles. The molecule has 0 saturated carbocycles. The van der Waals surface area contributed by atoms with Crippen LogP contribution in [0.3, 0.4) is 0 Å². The summed E-state index contributed by atoms with van der Waals surface area (Å²) in [5.41, 5.74) is 0.990. The molecule has 2 heterocycles. The first-order valence-corrected chi connectivity index (χ1v) is 5.86. The Labute approximate surface area is 113 Å². The van der Waals surface area contributed by atoms with Crippen LogP contribution >= 0.6 is 11.6 Å². The maximum atomic E-state index is 11.2. The van der Waals surface area contributed by atoms with Crippen LogP contribution < -0.4 is 0 Å². The molecule has 3 aromatic rings. The van der Waals surface area contributed by atoms with Crippen molar-refractivity contribution in [1.82, 2.24) is 14.5 Å². The highest BCUT2D eigenvalue weighted by atomic mass is 35.5. The Balaban J connectivity index is 2.29. The van der Waals surface area contributed by atoms with E-state index in [0.717, 1.165) is 5.52 Å². The number of carboxylic acids is 1. The second-order valence-electron chi connectivity index (χ2n) is 3.93. The van der Waals surface area contributed by atoms with Crippen LogP contribution in [-0.2, 0) is 0 Å². The molecule has 94 valence electrons. The van der Waals surface area contributed by atoms with Crippen LogP contribution in [0.2, 0.25) is 5.15 Å². The third-order valence-electron chi connectivity index (χ3n) is 2.80. The molecule has 1 N–H and O–H groups in total. The van der Waals surface area contributed by atoms with E-state index >= 15 is 0 Å². The van der Waals surface area contributed by atoms with Gasteiger partial charge in [-0.05, 0) is 6.07 Å². The number of aromatic carboxylic acids is 1. The largest absolute Gasteiger partial charge is 0.478 e. The normalized spacial score (nSPS) is 10.8. The second-order valence-corrected chi connectivity index (χ2v) is 4.32. The van der Waals surface area contributed by atoms with Crippen LogP contribution in [-0.4, -0.2) is 25.6 Å². The van der Waals surface area contributed by atoms with E-state index in [9.17, 15) is 9.90 Å². The maximum Gasteiger partial charge on any atom is 0.337 e. The number of carboxylic acid groups (broad SMARTS) is 1. The van der Waals surface area contributed by atoms with Gasteiger partial charge in [0.05, 0.1) is 23.5 Å². The fourth-order valence-electron chi connectivity index (χ4n) is 1.97. The van der Waals surface area contributed by atoms with Crippen molar-refractivity contribution in [3.8, 4) is 5.82 Å². The second kappa shape index (κ2) is 4.37. The summed E-state index contributed by atoms with van der Waals surface area (Å²) >= 11 is 5.70. The van der Waals surface area contributed by atoms with Crippen molar-refractivity contribution in [3.05, 3.63) is 53.6 Å². The van der Waals surface area contributed by atoms with Gasteiger partial charge in [0.1, 0.15) is 5.15 Å². The van der Waals surface area contributed by atoms with Crippen molar-refractivity contribution in [2.24, 2.45) is 0 Å².